The summed E-state index contributed by atoms with van der Waals surface area (Å²) < 4.78 is 0. The minimum atomic E-state index is 0.359. The van der Waals surface area contributed by atoms with Crippen molar-refractivity contribution >= 4 is 5.91 Å². The molecule has 15 heavy (non-hydrogen) atoms. The predicted octanol–water partition coefficient (Wildman–Crippen LogP) is 1.37. The van der Waals surface area contributed by atoms with Crippen LogP contribution in [0, 0.1) is 11.8 Å². The van der Waals surface area contributed by atoms with Gasteiger partial charge in [-0.25, -0.2) is 0 Å². The summed E-state index contributed by atoms with van der Waals surface area (Å²) in [6, 6.07) is 0. The highest BCUT2D eigenvalue weighted by atomic mass is 16.2. The van der Waals surface area contributed by atoms with E-state index >= 15 is 0 Å². The average Bonchev–Trinajstić information content (AvgIpc) is 2.63. The third-order valence-corrected chi connectivity index (χ3v) is 3.96. The van der Waals surface area contributed by atoms with Crippen LogP contribution in [0.1, 0.15) is 38.5 Å². The fourth-order valence-corrected chi connectivity index (χ4v) is 2.52. The zero-order valence-corrected chi connectivity index (χ0v) is 9.45. The highest BCUT2D eigenvalue weighted by Crippen LogP contribution is 2.30. The van der Waals surface area contributed by atoms with E-state index in [2.05, 4.69) is 0 Å². The standard InChI is InChI=1S/C12H22N2O/c13-8-11-6-7-14(9-11)12(15)5-4-10-2-1-3-10/h10-11H,1-9,13H2. The summed E-state index contributed by atoms with van der Waals surface area (Å²) in [5.74, 6) is 1.76. The molecule has 1 heterocycles. The number of hydrogen-bond donors (Lipinski definition) is 1. The smallest absolute Gasteiger partial charge is 0.222 e. The van der Waals surface area contributed by atoms with Crippen molar-refractivity contribution in [2.45, 2.75) is 38.5 Å². The lowest BCUT2D eigenvalue weighted by molar-refractivity contribution is -0.130. The summed E-state index contributed by atoms with van der Waals surface area (Å²) in [5.41, 5.74) is 5.61. The SMILES string of the molecule is NCC1CCN(C(=O)CCC2CCC2)C1. The maximum Gasteiger partial charge on any atom is 0.222 e. The van der Waals surface area contributed by atoms with Gasteiger partial charge in [-0.2, -0.15) is 0 Å². The van der Waals surface area contributed by atoms with Crippen molar-refractivity contribution in [3.63, 3.8) is 0 Å². The molecule has 2 fully saturated rings. The summed E-state index contributed by atoms with van der Waals surface area (Å²) in [4.78, 5) is 13.8. The van der Waals surface area contributed by atoms with E-state index in [1.165, 1.54) is 19.3 Å². The van der Waals surface area contributed by atoms with Gasteiger partial charge in [0.25, 0.3) is 0 Å². The van der Waals surface area contributed by atoms with Gasteiger partial charge in [-0.3, -0.25) is 4.79 Å². The third kappa shape index (κ3) is 2.71. The van der Waals surface area contributed by atoms with Crippen LogP contribution < -0.4 is 5.73 Å². The van der Waals surface area contributed by atoms with E-state index in [0.29, 0.717) is 11.8 Å². The van der Waals surface area contributed by atoms with Crippen molar-refractivity contribution in [1.82, 2.24) is 4.90 Å². The lowest BCUT2D eigenvalue weighted by atomic mass is 9.82. The van der Waals surface area contributed by atoms with E-state index < -0.39 is 0 Å². The molecule has 0 aromatic rings. The Kier molecular flexibility index (Phi) is 3.62. The normalized spacial score (nSPS) is 26.7. The van der Waals surface area contributed by atoms with E-state index in [1.807, 2.05) is 4.90 Å². The Hall–Kier alpha value is -0.570. The Morgan fingerprint density at radius 1 is 1.27 bits per heavy atom. The van der Waals surface area contributed by atoms with Crippen LogP contribution >= 0.6 is 0 Å². The van der Waals surface area contributed by atoms with E-state index in [4.69, 9.17) is 5.73 Å². The first kappa shape index (κ1) is 10.9. The molecule has 0 aromatic carbocycles. The van der Waals surface area contributed by atoms with Crippen molar-refractivity contribution in [3.8, 4) is 0 Å². The molecule has 1 amide bonds. The molecule has 1 unspecified atom stereocenters. The Morgan fingerprint density at radius 3 is 2.60 bits per heavy atom. The average molecular weight is 210 g/mol. The summed E-state index contributed by atoms with van der Waals surface area (Å²) in [6.07, 6.45) is 7.05. The summed E-state index contributed by atoms with van der Waals surface area (Å²) >= 11 is 0. The van der Waals surface area contributed by atoms with E-state index in [-0.39, 0.29) is 0 Å². The van der Waals surface area contributed by atoms with E-state index in [0.717, 1.165) is 44.8 Å². The molecule has 2 aliphatic rings. The van der Waals surface area contributed by atoms with Gasteiger partial charge in [0.15, 0.2) is 0 Å². The minimum absolute atomic E-state index is 0.359. The molecule has 1 saturated carbocycles. The number of nitrogens with two attached hydrogens (primary N) is 1. The van der Waals surface area contributed by atoms with Gasteiger partial charge in [0, 0.05) is 19.5 Å². The summed E-state index contributed by atoms with van der Waals surface area (Å²) in [7, 11) is 0. The van der Waals surface area contributed by atoms with E-state index in [1.54, 1.807) is 0 Å². The molecule has 3 heteroatoms. The van der Waals surface area contributed by atoms with Gasteiger partial charge in [-0.05, 0) is 31.2 Å². The second-order valence-corrected chi connectivity index (χ2v) is 5.07. The molecule has 1 aliphatic heterocycles. The quantitative estimate of drug-likeness (QED) is 0.762. The predicted molar refractivity (Wildman–Crippen MR) is 60.3 cm³/mol. The van der Waals surface area contributed by atoms with Gasteiger partial charge in [-0.1, -0.05) is 19.3 Å². The number of likely N-dealkylation sites (tertiary alicyclic amines) is 1. The first-order valence-electron chi connectivity index (χ1n) is 6.27. The van der Waals surface area contributed by atoms with Crippen molar-refractivity contribution in [3.05, 3.63) is 0 Å². The second kappa shape index (κ2) is 4.97. The summed E-state index contributed by atoms with van der Waals surface area (Å²) in [6.45, 7) is 2.57. The molecule has 1 atom stereocenters. The Bertz CT molecular complexity index is 226. The van der Waals surface area contributed by atoms with Gasteiger partial charge >= 0.3 is 0 Å². The van der Waals surface area contributed by atoms with Crippen LogP contribution in [-0.4, -0.2) is 30.4 Å². The van der Waals surface area contributed by atoms with Crippen LogP contribution in [0.25, 0.3) is 0 Å². The number of amides is 1. The highest BCUT2D eigenvalue weighted by molar-refractivity contribution is 5.76. The fourth-order valence-electron chi connectivity index (χ4n) is 2.52. The number of nitrogens with zero attached hydrogens (tertiary/aromatic N) is 1. The van der Waals surface area contributed by atoms with Crippen LogP contribution in [0.2, 0.25) is 0 Å². The molecular formula is C12H22N2O. The molecular weight excluding hydrogens is 188 g/mol. The monoisotopic (exact) mass is 210 g/mol. The largest absolute Gasteiger partial charge is 0.342 e. The summed E-state index contributed by atoms with van der Waals surface area (Å²) in [5, 5.41) is 0. The van der Waals surface area contributed by atoms with Crippen LogP contribution in [0.4, 0.5) is 0 Å². The van der Waals surface area contributed by atoms with Gasteiger partial charge in [0.2, 0.25) is 5.91 Å². The molecule has 2 N–H and O–H groups in total. The molecule has 1 saturated heterocycles. The highest BCUT2D eigenvalue weighted by Gasteiger charge is 2.26. The Morgan fingerprint density at radius 2 is 2.07 bits per heavy atom. The maximum atomic E-state index is 11.8. The minimum Gasteiger partial charge on any atom is -0.342 e. The van der Waals surface area contributed by atoms with Crippen LogP contribution in [0.3, 0.4) is 0 Å². The van der Waals surface area contributed by atoms with Crippen LogP contribution in [0.5, 0.6) is 0 Å². The van der Waals surface area contributed by atoms with Crippen LogP contribution in [-0.2, 0) is 4.79 Å². The zero-order chi connectivity index (χ0) is 10.7. The van der Waals surface area contributed by atoms with Crippen LogP contribution in [0.15, 0.2) is 0 Å². The molecule has 0 radical (unpaired) electrons. The number of hydrogen-bond acceptors (Lipinski definition) is 2. The number of carbonyl (C=O) groups excluding carboxylic acids is 1. The fraction of sp³-hybridized carbons (Fsp3) is 0.917. The maximum absolute atomic E-state index is 11.8. The van der Waals surface area contributed by atoms with Crippen molar-refractivity contribution < 1.29 is 4.79 Å². The first-order valence-corrected chi connectivity index (χ1v) is 6.27. The van der Waals surface area contributed by atoms with Crippen molar-refractivity contribution in [1.29, 1.82) is 0 Å². The van der Waals surface area contributed by atoms with Gasteiger partial charge in [0.1, 0.15) is 0 Å². The van der Waals surface area contributed by atoms with Crippen molar-refractivity contribution in [2.75, 3.05) is 19.6 Å². The molecule has 86 valence electrons. The topological polar surface area (TPSA) is 46.3 Å². The molecule has 1 aliphatic carbocycles. The zero-order valence-electron chi connectivity index (χ0n) is 9.45. The Balaban J connectivity index is 1.66. The van der Waals surface area contributed by atoms with Crippen molar-refractivity contribution in [2.24, 2.45) is 17.6 Å². The first-order chi connectivity index (χ1) is 7.29. The third-order valence-electron chi connectivity index (χ3n) is 3.96. The van der Waals surface area contributed by atoms with Gasteiger partial charge in [-0.15, -0.1) is 0 Å². The molecule has 0 aromatic heterocycles. The number of rotatable bonds is 4. The Labute approximate surface area is 92.0 Å². The second-order valence-electron chi connectivity index (χ2n) is 5.07. The number of carbonyl (C=O) groups is 1. The lowest BCUT2D eigenvalue weighted by Gasteiger charge is -2.26. The van der Waals surface area contributed by atoms with E-state index in [9.17, 15) is 4.79 Å². The van der Waals surface area contributed by atoms with Gasteiger partial charge < -0.3 is 10.6 Å². The molecule has 3 nitrogen and oxygen atoms in total. The van der Waals surface area contributed by atoms with Gasteiger partial charge in [0.05, 0.1) is 0 Å². The molecule has 0 bridgehead atoms. The molecule has 0 spiro atoms. The lowest BCUT2D eigenvalue weighted by Crippen LogP contribution is -2.30. The molecule has 2 rings (SSSR count).